The summed E-state index contributed by atoms with van der Waals surface area (Å²) in [6.45, 7) is 2.82. The fraction of sp³-hybridized carbons (Fsp3) is 0.200. The number of carboxylic acid groups (broad SMARTS) is 1. The molecule has 3 aromatic heterocycles. The highest BCUT2D eigenvalue weighted by Crippen LogP contribution is 2.28. The van der Waals surface area contributed by atoms with Crippen LogP contribution < -0.4 is 4.74 Å². The van der Waals surface area contributed by atoms with Crippen LogP contribution in [0.5, 0.6) is 5.88 Å². The monoisotopic (exact) mass is 544 g/mol. The smallest absolute Gasteiger partial charge is 0.335 e. The summed E-state index contributed by atoms with van der Waals surface area (Å²) in [5.74, 6) is -1.60. The Kier molecular flexibility index (Phi) is 7.79. The third-order valence-electron chi connectivity index (χ3n) is 6.44. The predicted octanol–water partition coefficient (Wildman–Crippen LogP) is 5.59. The summed E-state index contributed by atoms with van der Waals surface area (Å²) in [5.41, 5.74) is 3.32. The van der Waals surface area contributed by atoms with Crippen LogP contribution in [0.2, 0.25) is 0 Å². The van der Waals surface area contributed by atoms with Crippen molar-refractivity contribution in [3.63, 3.8) is 0 Å². The first-order chi connectivity index (χ1) is 19.3. The van der Waals surface area contributed by atoms with Crippen molar-refractivity contribution in [2.24, 2.45) is 0 Å². The van der Waals surface area contributed by atoms with Crippen LogP contribution in [0.15, 0.2) is 66.9 Å². The number of aryl methyl sites for hydroxylation is 1. The number of aromatic nitrogens is 4. The average Bonchev–Trinajstić information content (AvgIpc) is 3.29. The minimum Gasteiger partial charge on any atom is -0.478 e. The summed E-state index contributed by atoms with van der Waals surface area (Å²) in [6, 6.07) is 15.5. The highest BCUT2D eigenvalue weighted by Gasteiger charge is 2.18. The van der Waals surface area contributed by atoms with Gasteiger partial charge < -0.3 is 19.1 Å². The van der Waals surface area contributed by atoms with Crippen LogP contribution >= 0.6 is 0 Å². The van der Waals surface area contributed by atoms with Gasteiger partial charge in [-0.05, 0) is 55.0 Å². The van der Waals surface area contributed by atoms with Crippen LogP contribution in [-0.4, -0.2) is 44.3 Å². The number of carboxylic acids is 1. The van der Waals surface area contributed by atoms with Gasteiger partial charge in [0.1, 0.15) is 24.1 Å². The molecule has 0 aliphatic rings. The molecular formula is C30H26F2N4O4. The highest BCUT2D eigenvalue weighted by atomic mass is 19.1. The van der Waals surface area contributed by atoms with Gasteiger partial charge in [0.2, 0.25) is 5.88 Å². The van der Waals surface area contributed by atoms with Crippen molar-refractivity contribution < 1.29 is 28.2 Å². The molecule has 5 rings (SSSR count). The SMILES string of the molecule is COCCn1c(Cc2cc(F)c(-c3cccc(OCc4ccc(C)nc4)n3)cc2F)nc2ccc(C(=O)O)cc21. The quantitative estimate of drug-likeness (QED) is 0.245. The summed E-state index contributed by atoms with van der Waals surface area (Å²) >= 11 is 0. The molecule has 0 radical (unpaired) electrons. The van der Waals surface area contributed by atoms with E-state index in [1.54, 1.807) is 42.1 Å². The van der Waals surface area contributed by atoms with E-state index in [-0.39, 0.29) is 41.3 Å². The fourth-order valence-corrected chi connectivity index (χ4v) is 4.35. The number of rotatable bonds is 10. The normalized spacial score (nSPS) is 11.2. The standard InChI is InChI=1S/C30H26F2N4O4/c1-18-6-7-19(16-33-18)17-40-29-5-3-4-25(35-29)22-15-23(31)21(12-24(22)32)14-28-34-26-9-8-20(30(37)38)13-27(26)36(28)10-11-39-2/h3-9,12-13,15-16H,10-11,14,17H2,1-2H3,(H,37,38). The molecule has 204 valence electrons. The Bertz CT molecular complexity index is 1690. The van der Waals surface area contributed by atoms with E-state index < -0.39 is 17.6 Å². The lowest BCUT2D eigenvalue weighted by atomic mass is 10.0. The molecule has 0 spiro atoms. The number of benzene rings is 2. The summed E-state index contributed by atoms with van der Waals surface area (Å²) in [5, 5.41) is 9.39. The Morgan fingerprint density at radius 1 is 1.02 bits per heavy atom. The van der Waals surface area contributed by atoms with Crippen molar-refractivity contribution in [1.82, 2.24) is 19.5 Å². The Morgan fingerprint density at radius 3 is 2.62 bits per heavy atom. The van der Waals surface area contributed by atoms with E-state index in [0.29, 0.717) is 30.0 Å². The number of hydrogen-bond donors (Lipinski definition) is 1. The summed E-state index contributed by atoms with van der Waals surface area (Å²) < 4.78 is 43.4. The molecule has 8 nitrogen and oxygen atoms in total. The zero-order chi connectivity index (χ0) is 28.2. The minimum absolute atomic E-state index is 0.00249. The number of aromatic carboxylic acids is 1. The topological polar surface area (TPSA) is 99.4 Å². The van der Waals surface area contributed by atoms with Gasteiger partial charge in [-0.2, -0.15) is 0 Å². The van der Waals surface area contributed by atoms with Crippen LogP contribution in [0.3, 0.4) is 0 Å². The predicted molar refractivity (Wildman–Crippen MR) is 144 cm³/mol. The maximum absolute atomic E-state index is 15.3. The summed E-state index contributed by atoms with van der Waals surface area (Å²) in [6.07, 6.45) is 1.70. The van der Waals surface area contributed by atoms with E-state index >= 15 is 8.78 Å². The number of nitrogens with zero attached hydrogens (tertiary/aromatic N) is 4. The maximum atomic E-state index is 15.3. The van der Waals surface area contributed by atoms with E-state index in [0.717, 1.165) is 23.4 Å². The molecule has 1 N–H and O–H groups in total. The number of ether oxygens (including phenoxy) is 2. The van der Waals surface area contributed by atoms with E-state index in [4.69, 9.17) is 9.47 Å². The Balaban J connectivity index is 1.41. The first-order valence-electron chi connectivity index (χ1n) is 12.5. The summed E-state index contributed by atoms with van der Waals surface area (Å²) in [4.78, 5) is 24.6. The number of halogens is 2. The minimum atomic E-state index is -1.07. The molecule has 0 unspecified atom stereocenters. The van der Waals surface area contributed by atoms with Gasteiger partial charge in [-0.1, -0.05) is 12.1 Å². The number of pyridine rings is 2. The third-order valence-corrected chi connectivity index (χ3v) is 6.44. The lowest BCUT2D eigenvalue weighted by Gasteiger charge is -2.12. The van der Waals surface area contributed by atoms with Crippen LogP contribution in [0, 0.1) is 18.6 Å². The van der Waals surface area contributed by atoms with Gasteiger partial charge in [-0.15, -0.1) is 0 Å². The first kappa shape index (κ1) is 26.9. The Hall–Kier alpha value is -4.70. The molecule has 0 bridgehead atoms. The second-order valence-electron chi connectivity index (χ2n) is 9.24. The van der Waals surface area contributed by atoms with Crippen molar-refractivity contribution in [3.8, 4) is 17.1 Å². The van der Waals surface area contributed by atoms with Gasteiger partial charge in [0.25, 0.3) is 0 Å². The largest absolute Gasteiger partial charge is 0.478 e. The van der Waals surface area contributed by atoms with Gasteiger partial charge in [0.15, 0.2) is 0 Å². The van der Waals surface area contributed by atoms with Gasteiger partial charge in [0.05, 0.1) is 28.9 Å². The number of imidazole rings is 1. The number of methoxy groups -OCH3 is 1. The van der Waals surface area contributed by atoms with Crippen molar-refractivity contribution in [2.45, 2.75) is 26.5 Å². The molecular weight excluding hydrogens is 518 g/mol. The van der Waals surface area contributed by atoms with Gasteiger partial charge >= 0.3 is 5.97 Å². The van der Waals surface area contributed by atoms with Crippen molar-refractivity contribution in [3.05, 3.63) is 107 Å². The average molecular weight is 545 g/mol. The second-order valence-corrected chi connectivity index (χ2v) is 9.24. The Labute approximate surface area is 228 Å². The lowest BCUT2D eigenvalue weighted by molar-refractivity contribution is 0.0697. The molecule has 40 heavy (non-hydrogen) atoms. The molecule has 10 heteroatoms. The molecule has 3 heterocycles. The zero-order valence-corrected chi connectivity index (χ0v) is 21.9. The van der Waals surface area contributed by atoms with Gasteiger partial charge in [-0.3, -0.25) is 4.98 Å². The number of fused-ring (bicyclic) bond motifs is 1. The maximum Gasteiger partial charge on any atom is 0.335 e. The lowest BCUT2D eigenvalue weighted by Crippen LogP contribution is -2.10. The van der Waals surface area contributed by atoms with Crippen LogP contribution in [-0.2, 0) is 24.3 Å². The number of carbonyl (C=O) groups is 1. The highest BCUT2D eigenvalue weighted by molar-refractivity contribution is 5.92. The van der Waals surface area contributed by atoms with Gasteiger partial charge in [0, 0.05) is 49.2 Å². The van der Waals surface area contributed by atoms with Crippen LogP contribution in [0.4, 0.5) is 8.78 Å². The molecule has 0 saturated carbocycles. The second kappa shape index (κ2) is 11.6. The van der Waals surface area contributed by atoms with E-state index in [1.165, 1.54) is 12.1 Å². The molecule has 0 fully saturated rings. The molecule has 0 aliphatic heterocycles. The first-order valence-corrected chi connectivity index (χ1v) is 12.5. The zero-order valence-electron chi connectivity index (χ0n) is 21.9. The molecule has 0 atom stereocenters. The van der Waals surface area contributed by atoms with Crippen molar-refractivity contribution in [2.75, 3.05) is 13.7 Å². The number of hydrogen-bond acceptors (Lipinski definition) is 6. The molecule has 0 aliphatic carbocycles. The van der Waals surface area contributed by atoms with Gasteiger partial charge in [-0.25, -0.2) is 23.5 Å². The molecule has 0 saturated heterocycles. The molecule has 0 amide bonds. The van der Waals surface area contributed by atoms with Crippen LogP contribution in [0.25, 0.3) is 22.3 Å². The van der Waals surface area contributed by atoms with E-state index in [9.17, 15) is 9.90 Å². The van der Waals surface area contributed by atoms with E-state index in [2.05, 4.69) is 15.0 Å². The molecule has 2 aromatic carbocycles. The van der Waals surface area contributed by atoms with Crippen molar-refractivity contribution in [1.29, 1.82) is 0 Å². The summed E-state index contributed by atoms with van der Waals surface area (Å²) in [7, 11) is 1.54. The third kappa shape index (κ3) is 5.81. The van der Waals surface area contributed by atoms with Crippen molar-refractivity contribution >= 4 is 17.0 Å². The van der Waals surface area contributed by atoms with E-state index in [1.807, 2.05) is 19.1 Å². The Morgan fingerprint density at radius 2 is 1.88 bits per heavy atom. The molecule has 5 aromatic rings. The van der Waals surface area contributed by atoms with Crippen LogP contribution in [0.1, 0.15) is 33.0 Å². The fourth-order valence-electron chi connectivity index (χ4n) is 4.35.